The fraction of sp³-hybridized carbons (Fsp3) is 0.308. The van der Waals surface area contributed by atoms with Gasteiger partial charge in [-0.15, -0.1) is 0 Å². The summed E-state index contributed by atoms with van der Waals surface area (Å²) in [4.78, 5) is 24.4. The third-order valence-electron chi connectivity index (χ3n) is 2.92. The van der Waals surface area contributed by atoms with Crippen LogP contribution in [0.25, 0.3) is 21.0 Å². The van der Waals surface area contributed by atoms with Crippen LogP contribution >= 0.6 is 24.0 Å². The molecule has 0 saturated heterocycles. The summed E-state index contributed by atoms with van der Waals surface area (Å²) in [5, 5.41) is 4.56. The molecule has 0 fully saturated rings. The molecule has 0 unspecified atom stereocenters. The summed E-state index contributed by atoms with van der Waals surface area (Å²) in [6, 6.07) is 1.31. The minimum atomic E-state index is -0.477. The second kappa shape index (κ2) is 7.91. The molecule has 0 aliphatic carbocycles. The lowest BCUT2D eigenvalue weighted by Crippen LogP contribution is -2.26. The Bertz CT molecular complexity index is 759. The molecule has 120 valence electrons. The number of hydrogen-bond donors (Lipinski definition) is 1. The first-order chi connectivity index (χ1) is 11.1. The van der Waals surface area contributed by atoms with Crippen molar-refractivity contribution >= 4 is 34.9 Å². The SMILES string of the molecule is CN(C(=O)CCS)c1sc(-c2cncc(F)c2)nc1CN=[N+]=[N-]. The van der Waals surface area contributed by atoms with Gasteiger partial charge in [0.25, 0.3) is 0 Å². The first-order valence-electron chi connectivity index (χ1n) is 6.55. The average Bonchev–Trinajstić information content (AvgIpc) is 2.96. The molecule has 0 spiro atoms. The highest BCUT2D eigenvalue weighted by Gasteiger charge is 2.20. The molecule has 0 aliphatic heterocycles. The number of carbonyl (C=O) groups is 1. The fourth-order valence-corrected chi connectivity index (χ4v) is 3.06. The van der Waals surface area contributed by atoms with Gasteiger partial charge in [-0.05, 0) is 17.4 Å². The monoisotopic (exact) mass is 352 g/mol. The van der Waals surface area contributed by atoms with Crippen LogP contribution in [0.5, 0.6) is 0 Å². The molecule has 0 aromatic carbocycles. The molecule has 7 nitrogen and oxygen atoms in total. The average molecular weight is 352 g/mol. The van der Waals surface area contributed by atoms with E-state index in [2.05, 4.69) is 32.6 Å². The second-order valence-corrected chi connectivity index (χ2v) is 5.90. The van der Waals surface area contributed by atoms with Crippen molar-refractivity contribution in [1.29, 1.82) is 0 Å². The number of rotatable bonds is 6. The van der Waals surface area contributed by atoms with Crippen LogP contribution in [0.3, 0.4) is 0 Å². The molecule has 0 bridgehead atoms. The van der Waals surface area contributed by atoms with Gasteiger partial charge in [0.1, 0.15) is 15.8 Å². The van der Waals surface area contributed by atoms with Gasteiger partial charge >= 0.3 is 0 Å². The molecule has 0 N–H and O–H groups in total. The quantitative estimate of drug-likeness (QED) is 0.373. The van der Waals surface area contributed by atoms with Crippen LogP contribution in [-0.4, -0.2) is 28.7 Å². The van der Waals surface area contributed by atoms with E-state index in [1.807, 2.05) is 0 Å². The van der Waals surface area contributed by atoms with Crippen LogP contribution in [0.15, 0.2) is 23.6 Å². The molecule has 23 heavy (non-hydrogen) atoms. The lowest BCUT2D eigenvalue weighted by molar-refractivity contribution is -0.117. The molecule has 2 rings (SSSR count). The summed E-state index contributed by atoms with van der Waals surface area (Å²) in [5.41, 5.74) is 9.45. The van der Waals surface area contributed by atoms with Crippen molar-refractivity contribution in [1.82, 2.24) is 9.97 Å². The van der Waals surface area contributed by atoms with Crippen molar-refractivity contribution in [2.75, 3.05) is 17.7 Å². The molecular formula is C13H13FN6OS2. The molecule has 2 heterocycles. The van der Waals surface area contributed by atoms with E-state index < -0.39 is 5.82 Å². The maximum Gasteiger partial charge on any atom is 0.228 e. The number of azide groups is 1. The van der Waals surface area contributed by atoms with E-state index in [4.69, 9.17) is 5.53 Å². The van der Waals surface area contributed by atoms with Crippen LogP contribution in [0.4, 0.5) is 9.39 Å². The maximum atomic E-state index is 13.3. The number of thiol groups is 1. The van der Waals surface area contributed by atoms with Crippen molar-refractivity contribution in [3.63, 3.8) is 0 Å². The fourth-order valence-electron chi connectivity index (χ4n) is 1.84. The van der Waals surface area contributed by atoms with E-state index in [9.17, 15) is 9.18 Å². The second-order valence-electron chi connectivity index (χ2n) is 4.48. The molecule has 0 atom stereocenters. The van der Waals surface area contributed by atoms with Crippen LogP contribution in [0.1, 0.15) is 12.1 Å². The Morgan fingerprint density at radius 3 is 3.00 bits per heavy atom. The van der Waals surface area contributed by atoms with Crippen LogP contribution in [0, 0.1) is 5.82 Å². The predicted molar refractivity (Wildman–Crippen MR) is 90.0 cm³/mol. The van der Waals surface area contributed by atoms with E-state index in [0.717, 1.165) is 6.20 Å². The smallest absolute Gasteiger partial charge is 0.228 e. The van der Waals surface area contributed by atoms with Crippen molar-refractivity contribution in [3.8, 4) is 10.6 Å². The lowest BCUT2D eigenvalue weighted by atomic mass is 10.3. The standard InChI is InChI=1S/C13H13FN6OS2/c1-20(11(21)2-3-22)13-10(7-17-19-15)18-12(23-13)8-4-9(14)6-16-5-8/h4-6,22H,2-3,7H2,1H3. The Labute approximate surface area is 141 Å². The largest absolute Gasteiger partial charge is 0.305 e. The summed E-state index contributed by atoms with van der Waals surface area (Å²) in [6.45, 7) is 0.00354. The van der Waals surface area contributed by atoms with Gasteiger partial charge in [0, 0.05) is 30.1 Å². The van der Waals surface area contributed by atoms with Gasteiger partial charge in [-0.3, -0.25) is 9.78 Å². The van der Waals surface area contributed by atoms with Gasteiger partial charge in [0.05, 0.1) is 18.4 Å². The van der Waals surface area contributed by atoms with E-state index in [1.54, 1.807) is 7.05 Å². The lowest BCUT2D eigenvalue weighted by Gasteiger charge is -2.15. The Morgan fingerprint density at radius 1 is 1.57 bits per heavy atom. The van der Waals surface area contributed by atoms with Crippen molar-refractivity contribution in [2.24, 2.45) is 5.11 Å². The zero-order chi connectivity index (χ0) is 16.8. The maximum absolute atomic E-state index is 13.3. The zero-order valence-electron chi connectivity index (χ0n) is 12.2. The number of thiazole rings is 1. The third kappa shape index (κ3) is 4.19. The van der Waals surface area contributed by atoms with Crippen molar-refractivity contribution in [2.45, 2.75) is 13.0 Å². The predicted octanol–water partition coefficient (Wildman–Crippen LogP) is 3.44. The summed E-state index contributed by atoms with van der Waals surface area (Å²) in [5.74, 6) is -0.181. The first-order valence-corrected chi connectivity index (χ1v) is 8.00. The number of halogens is 1. The highest BCUT2D eigenvalue weighted by Crippen LogP contribution is 2.35. The van der Waals surface area contributed by atoms with Gasteiger partial charge in [0.2, 0.25) is 5.91 Å². The third-order valence-corrected chi connectivity index (χ3v) is 4.36. The van der Waals surface area contributed by atoms with Crippen LogP contribution in [0.2, 0.25) is 0 Å². The van der Waals surface area contributed by atoms with Crippen LogP contribution in [-0.2, 0) is 11.3 Å². The molecule has 0 saturated carbocycles. The Balaban J connectivity index is 2.43. The van der Waals surface area contributed by atoms with Gasteiger partial charge < -0.3 is 4.90 Å². The Hall–Kier alpha value is -2.16. The van der Waals surface area contributed by atoms with Crippen LogP contribution < -0.4 is 4.90 Å². The normalized spacial score (nSPS) is 10.2. The molecule has 0 aliphatic rings. The van der Waals surface area contributed by atoms with E-state index in [-0.39, 0.29) is 18.9 Å². The highest BCUT2D eigenvalue weighted by atomic mass is 32.1. The number of hydrogen-bond acceptors (Lipinski definition) is 6. The summed E-state index contributed by atoms with van der Waals surface area (Å²) in [7, 11) is 1.62. The number of aromatic nitrogens is 2. The Morgan fingerprint density at radius 2 is 2.35 bits per heavy atom. The van der Waals surface area contributed by atoms with Crippen molar-refractivity contribution < 1.29 is 9.18 Å². The number of nitrogens with zero attached hydrogens (tertiary/aromatic N) is 6. The van der Waals surface area contributed by atoms with Crippen molar-refractivity contribution in [3.05, 3.63) is 40.4 Å². The summed E-state index contributed by atoms with van der Waals surface area (Å²) in [6.07, 6.45) is 2.86. The van der Waals surface area contributed by atoms with E-state index in [0.29, 0.717) is 27.0 Å². The molecule has 10 heteroatoms. The van der Waals surface area contributed by atoms with E-state index >= 15 is 0 Å². The van der Waals surface area contributed by atoms with Gasteiger partial charge in [0.15, 0.2) is 0 Å². The highest BCUT2D eigenvalue weighted by molar-refractivity contribution is 7.80. The molecule has 1 amide bonds. The van der Waals surface area contributed by atoms with E-state index in [1.165, 1.54) is 28.5 Å². The number of amides is 1. The number of pyridine rings is 1. The summed E-state index contributed by atoms with van der Waals surface area (Å²) < 4.78 is 13.3. The molecular weight excluding hydrogens is 339 g/mol. The summed E-state index contributed by atoms with van der Waals surface area (Å²) >= 11 is 5.26. The molecule has 2 aromatic rings. The van der Waals surface area contributed by atoms with Gasteiger partial charge in [-0.2, -0.15) is 12.6 Å². The topological polar surface area (TPSA) is 94.9 Å². The molecule has 0 radical (unpaired) electrons. The molecule has 2 aromatic heterocycles. The van der Waals surface area contributed by atoms with Gasteiger partial charge in [-0.25, -0.2) is 9.37 Å². The zero-order valence-corrected chi connectivity index (χ0v) is 13.9. The minimum Gasteiger partial charge on any atom is -0.305 e. The number of anilines is 1. The Kier molecular flexibility index (Phi) is 5.91. The first kappa shape index (κ1) is 17.2. The van der Waals surface area contributed by atoms with Gasteiger partial charge in [-0.1, -0.05) is 16.5 Å². The minimum absolute atomic E-state index is 0.00354. The number of carbonyl (C=O) groups excluding carboxylic acids is 1.